The Bertz CT molecular complexity index is 664. The first kappa shape index (κ1) is 19.2. The molecule has 9 heteroatoms. The summed E-state index contributed by atoms with van der Waals surface area (Å²) < 4.78 is 30.7. The fraction of sp³-hybridized carbons (Fsp3) is 0.667. The van der Waals surface area contributed by atoms with Gasteiger partial charge in [0, 0.05) is 19.1 Å². The van der Waals surface area contributed by atoms with E-state index in [1.54, 1.807) is 4.90 Å². The summed E-state index contributed by atoms with van der Waals surface area (Å²) in [7, 11) is -2.35. The van der Waals surface area contributed by atoms with Crippen LogP contribution in [0.15, 0.2) is 21.6 Å². The van der Waals surface area contributed by atoms with Crippen molar-refractivity contribution in [2.75, 3.05) is 26.7 Å². The van der Waals surface area contributed by atoms with E-state index in [9.17, 15) is 13.2 Å². The van der Waals surface area contributed by atoms with Crippen molar-refractivity contribution in [3.05, 3.63) is 17.9 Å². The lowest BCUT2D eigenvalue weighted by Gasteiger charge is -2.32. The van der Waals surface area contributed by atoms with E-state index in [0.29, 0.717) is 19.1 Å². The lowest BCUT2D eigenvalue weighted by Crippen LogP contribution is -2.45. The molecule has 2 aliphatic rings. The standard InChI is InChI=1S/C15H23N3O4S.ClH/c1-16-23(20,21)14-5-4-13(22-14)15(19)18-8-6-12(7-9-18)17-10-11-2-3-11;/h4-5,11-12,16-17H,2-3,6-10H2,1H3;1H. The molecule has 2 fully saturated rings. The number of hydrogen-bond acceptors (Lipinski definition) is 5. The molecule has 0 unspecified atom stereocenters. The molecule has 1 saturated carbocycles. The summed E-state index contributed by atoms with van der Waals surface area (Å²) in [4.78, 5) is 14.1. The van der Waals surface area contributed by atoms with Crippen LogP contribution in [0.5, 0.6) is 0 Å². The Hall–Kier alpha value is -1.09. The van der Waals surface area contributed by atoms with Crippen LogP contribution in [0.4, 0.5) is 0 Å². The fourth-order valence-electron chi connectivity index (χ4n) is 2.78. The number of halogens is 1. The second-order valence-corrected chi connectivity index (χ2v) is 8.06. The van der Waals surface area contributed by atoms with Gasteiger partial charge in [-0.15, -0.1) is 12.4 Å². The van der Waals surface area contributed by atoms with E-state index in [1.165, 1.54) is 32.0 Å². The summed E-state index contributed by atoms with van der Waals surface area (Å²) in [5, 5.41) is 3.33. The van der Waals surface area contributed by atoms with Crippen molar-refractivity contribution in [2.45, 2.75) is 36.8 Å². The minimum Gasteiger partial charge on any atom is -0.438 e. The highest BCUT2D eigenvalue weighted by Crippen LogP contribution is 2.28. The second-order valence-electron chi connectivity index (χ2n) is 6.24. The van der Waals surface area contributed by atoms with Gasteiger partial charge in [-0.3, -0.25) is 4.79 Å². The molecule has 1 saturated heterocycles. The monoisotopic (exact) mass is 377 g/mol. The van der Waals surface area contributed by atoms with E-state index >= 15 is 0 Å². The average molecular weight is 378 g/mol. The molecular weight excluding hydrogens is 354 g/mol. The van der Waals surface area contributed by atoms with Gasteiger partial charge in [0.25, 0.3) is 15.9 Å². The zero-order chi connectivity index (χ0) is 16.4. The number of furan rings is 1. The number of piperidine rings is 1. The number of likely N-dealkylation sites (tertiary alicyclic amines) is 1. The van der Waals surface area contributed by atoms with Gasteiger partial charge in [-0.05, 0) is 57.3 Å². The molecule has 1 aromatic heterocycles. The van der Waals surface area contributed by atoms with E-state index in [-0.39, 0.29) is 29.2 Å². The first-order valence-electron chi connectivity index (χ1n) is 8.05. The number of hydrogen-bond donors (Lipinski definition) is 2. The number of nitrogens with zero attached hydrogens (tertiary/aromatic N) is 1. The van der Waals surface area contributed by atoms with E-state index in [0.717, 1.165) is 25.3 Å². The average Bonchev–Trinajstić information content (AvgIpc) is 3.26. The molecule has 24 heavy (non-hydrogen) atoms. The smallest absolute Gasteiger partial charge is 0.289 e. The summed E-state index contributed by atoms with van der Waals surface area (Å²) in [6.07, 6.45) is 4.50. The number of rotatable bonds is 6. The first-order chi connectivity index (χ1) is 11.0. The predicted molar refractivity (Wildman–Crippen MR) is 91.9 cm³/mol. The van der Waals surface area contributed by atoms with Crippen LogP contribution in [-0.4, -0.2) is 51.9 Å². The number of amides is 1. The molecule has 2 N–H and O–H groups in total. The molecule has 7 nitrogen and oxygen atoms in total. The number of nitrogens with one attached hydrogen (secondary N) is 2. The number of carbonyl (C=O) groups is 1. The normalized spacial score (nSPS) is 19.1. The number of carbonyl (C=O) groups excluding carboxylic acids is 1. The van der Waals surface area contributed by atoms with Crippen molar-refractivity contribution < 1.29 is 17.6 Å². The van der Waals surface area contributed by atoms with Gasteiger partial charge in [-0.1, -0.05) is 0 Å². The first-order valence-corrected chi connectivity index (χ1v) is 9.54. The molecule has 0 bridgehead atoms. The zero-order valence-electron chi connectivity index (χ0n) is 13.7. The third-order valence-electron chi connectivity index (χ3n) is 4.50. The molecule has 1 aromatic rings. The molecule has 1 aliphatic carbocycles. The SMILES string of the molecule is CNS(=O)(=O)c1ccc(C(=O)N2CCC(NCC3CC3)CC2)o1.Cl. The molecule has 1 amide bonds. The van der Waals surface area contributed by atoms with Gasteiger partial charge in [-0.2, -0.15) is 0 Å². The van der Waals surface area contributed by atoms with E-state index < -0.39 is 10.0 Å². The Morgan fingerprint density at radius 1 is 1.25 bits per heavy atom. The largest absolute Gasteiger partial charge is 0.438 e. The summed E-state index contributed by atoms with van der Waals surface area (Å²) in [5.41, 5.74) is 0. The molecule has 3 rings (SSSR count). The van der Waals surface area contributed by atoms with Crippen LogP contribution >= 0.6 is 12.4 Å². The van der Waals surface area contributed by atoms with Crippen molar-refractivity contribution >= 4 is 28.3 Å². The summed E-state index contributed by atoms with van der Waals surface area (Å²) in [6.45, 7) is 2.41. The van der Waals surface area contributed by atoms with Crippen LogP contribution < -0.4 is 10.0 Å². The van der Waals surface area contributed by atoms with Gasteiger partial charge in [0.15, 0.2) is 5.76 Å². The molecule has 0 radical (unpaired) electrons. The van der Waals surface area contributed by atoms with Gasteiger partial charge >= 0.3 is 0 Å². The molecule has 0 aromatic carbocycles. The van der Waals surface area contributed by atoms with Crippen molar-refractivity contribution in [1.29, 1.82) is 0 Å². The highest BCUT2D eigenvalue weighted by Gasteiger charge is 2.28. The molecule has 136 valence electrons. The molecule has 2 heterocycles. The van der Waals surface area contributed by atoms with Crippen LogP contribution in [0.25, 0.3) is 0 Å². The Morgan fingerprint density at radius 3 is 2.50 bits per heavy atom. The van der Waals surface area contributed by atoms with Crippen LogP contribution in [-0.2, 0) is 10.0 Å². The predicted octanol–water partition coefficient (Wildman–Crippen LogP) is 1.21. The Morgan fingerprint density at radius 2 is 1.92 bits per heavy atom. The highest BCUT2D eigenvalue weighted by molar-refractivity contribution is 7.89. The maximum absolute atomic E-state index is 12.4. The Labute approximate surface area is 148 Å². The molecular formula is C15H24ClN3O4S. The third kappa shape index (κ3) is 4.50. The topological polar surface area (TPSA) is 91.7 Å². The number of sulfonamides is 1. The van der Waals surface area contributed by atoms with Crippen molar-refractivity contribution in [3.8, 4) is 0 Å². The van der Waals surface area contributed by atoms with Crippen LogP contribution in [0.3, 0.4) is 0 Å². The van der Waals surface area contributed by atoms with Crippen molar-refractivity contribution in [1.82, 2.24) is 14.9 Å². The molecule has 0 atom stereocenters. The van der Waals surface area contributed by atoms with Gasteiger partial charge < -0.3 is 14.6 Å². The maximum atomic E-state index is 12.4. The van der Waals surface area contributed by atoms with Crippen LogP contribution in [0, 0.1) is 5.92 Å². The Kier molecular flexibility index (Phi) is 6.30. The zero-order valence-corrected chi connectivity index (χ0v) is 15.3. The summed E-state index contributed by atoms with van der Waals surface area (Å²) in [6, 6.07) is 3.20. The van der Waals surface area contributed by atoms with Gasteiger partial charge in [0.05, 0.1) is 0 Å². The highest BCUT2D eigenvalue weighted by atomic mass is 35.5. The summed E-state index contributed by atoms with van der Waals surface area (Å²) >= 11 is 0. The minimum absolute atomic E-state index is 0. The third-order valence-corrected chi connectivity index (χ3v) is 5.79. The van der Waals surface area contributed by atoms with Gasteiger partial charge in [-0.25, -0.2) is 13.1 Å². The molecule has 0 spiro atoms. The molecule has 1 aliphatic heterocycles. The van der Waals surface area contributed by atoms with Gasteiger partial charge in [0.1, 0.15) is 0 Å². The lowest BCUT2D eigenvalue weighted by molar-refractivity contribution is 0.0667. The quantitative estimate of drug-likeness (QED) is 0.777. The van der Waals surface area contributed by atoms with Gasteiger partial charge in [0.2, 0.25) is 5.09 Å². The fourth-order valence-corrected chi connectivity index (χ4v) is 3.43. The van der Waals surface area contributed by atoms with Crippen molar-refractivity contribution in [2.24, 2.45) is 5.92 Å². The van der Waals surface area contributed by atoms with Crippen molar-refractivity contribution in [3.63, 3.8) is 0 Å². The van der Waals surface area contributed by atoms with Crippen LogP contribution in [0.1, 0.15) is 36.2 Å². The summed E-state index contributed by atoms with van der Waals surface area (Å²) in [5.74, 6) is 0.678. The van der Waals surface area contributed by atoms with E-state index in [4.69, 9.17) is 4.42 Å². The maximum Gasteiger partial charge on any atom is 0.289 e. The van der Waals surface area contributed by atoms with Crippen LogP contribution in [0.2, 0.25) is 0 Å². The van der Waals surface area contributed by atoms with E-state index in [2.05, 4.69) is 10.0 Å². The minimum atomic E-state index is -3.66. The lowest BCUT2D eigenvalue weighted by atomic mass is 10.0. The Balaban J connectivity index is 0.00000208. The van der Waals surface area contributed by atoms with E-state index in [1.807, 2.05) is 0 Å². The second kappa shape index (κ2) is 7.86.